The summed E-state index contributed by atoms with van der Waals surface area (Å²) in [6.07, 6.45) is -1.21. The predicted molar refractivity (Wildman–Crippen MR) is 145 cm³/mol. The van der Waals surface area contributed by atoms with Crippen LogP contribution in [-0.4, -0.2) is 94.3 Å². The number of aliphatic hydroxyl groups is 2. The molecule has 0 aromatic heterocycles. The minimum atomic E-state index is -2.67. The van der Waals surface area contributed by atoms with Crippen molar-refractivity contribution in [2.75, 3.05) is 28.2 Å². The van der Waals surface area contributed by atoms with E-state index in [9.17, 15) is 34.5 Å². The van der Waals surface area contributed by atoms with Gasteiger partial charge in [-0.3, -0.25) is 19.2 Å². The summed E-state index contributed by atoms with van der Waals surface area (Å²) >= 11 is 0. The van der Waals surface area contributed by atoms with Crippen molar-refractivity contribution < 1.29 is 34.5 Å². The van der Waals surface area contributed by atoms with E-state index in [1.54, 1.807) is 25.1 Å². The summed E-state index contributed by atoms with van der Waals surface area (Å²) in [4.78, 5) is 57.1. The van der Waals surface area contributed by atoms with Crippen molar-refractivity contribution in [2.24, 2.45) is 29.4 Å². The van der Waals surface area contributed by atoms with Gasteiger partial charge in [0.25, 0.3) is 0 Å². The zero-order valence-corrected chi connectivity index (χ0v) is 23.0. The summed E-state index contributed by atoms with van der Waals surface area (Å²) < 4.78 is 0. The number of carbonyl (C=O) groups is 4. The smallest absolute Gasteiger partial charge is 0.230 e. The Balaban J connectivity index is 1.63. The van der Waals surface area contributed by atoms with Gasteiger partial charge in [-0.05, 0) is 81.3 Å². The minimum absolute atomic E-state index is 0.00562. The molecule has 10 nitrogen and oxygen atoms in total. The number of phenolic OH excluding ortho intramolecular Hbond substituents is 1. The van der Waals surface area contributed by atoms with Gasteiger partial charge in [0, 0.05) is 18.5 Å². The van der Waals surface area contributed by atoms with Gasteiger partial charge in [0.15, 0.2) is 23.0 Å². The van der Waals surface area contributed by atoms with Crippen molar-refractivity contribution in [2.45, 2.75) is 37.1 Å². The summed E-state index contributed by atoms with van der Waals surface area (Å²) in [5, 5.41) is 33.5. The van der Waals surface area contributed by atoms with Crippen molar-refractivity contribution in [3.63, 3.8) is 0 Å². The van der Waals surface area contributed by atoms with Crippen LogP contribution in [0.2, 0.25) is 0 Å². The first kappa shape index (κ1) is 28.1. The average molecular weight is 550 g/mol. The van der Waals surface area contributed by atoms with E-state index < -0.39 is 64.7 Å². The largest absolute Gasteiger partial charge is 0.507 e. The van der Waals surface area contributed by atoms with Crippen LogP contribution in [0.5, 0.6) is 5.75 Å². The number of hydrogen-bond donors (Lipinski definition) is 4. The van der Waals surface area contributed by atoms with E-state index in [-0.39, 0.29) is 24.2 Å². The predicted octanol–water partition coefficient (Wildman–Crippen LogP) is 0.387. The molecule has 2 aromatic rings. The van der Waals surface area contributed by atoms with Gasteiger partial charge in [-0.25, -0.2) is 0 Å². The third-order valence-electron chi connectivity index (χ3n) is 8.91. The number of hydrogen-bond acceptors (Lipinski definition) is 9. The van der Waals surface area contributed by atoms with Gasteiger partial charge in [-0.2, -0.15) is 0 Å². The zero-order valence-electron chi connectivity index (χ0n) is 23.0. The highest BCUT2D eigenvalue weighted by atomic mass is 16.3. The number of nitrogens with zero attached hydrogens (tertiary/aromatic N) is 2. The molecule has 0 aliphatic heterocycles. The summed E-state index contributed by atoms with van der Waals surface area (Å²) in [7, 11) is 7.18. The van der Waals surface area contributed by atoms with Gasteiger partial charge < -0.3 is 30.9 Å². The van der Waals surface area contributed by atoms with E-state index in [0.29, 0.717) is 12.1 Å². The van der Waals surface area contributed by atoms with E-state index in [1.807, 2.05) is 43.3 Å². The van der Waals surface area contributed by atoms with Gasteiger partial charge in [0.1, 0.15) is 11.7 Å². The number of likely N-dealkylation sites (N-methyl/N-ethyl adjacent to an activating group) is 1. The zero-order chi connectivity index (χ0) is 29.3. The third-order valence-corrected chi connectivity index (χ3v) is 8.91. The number of phenols is 1. The first-order valence-electron chi connectivity index (χ1n) is 13.4. The molecule has 0 saturated heterocycles. The Kier molecular flexibility index (Phi) is 6.94. The van der Waals surface area contributed by atoms with E-state index in [4.69, 9.17) is 5.73 Å². The lowest BCUT2D eigenvalue weighted by Crippen LogP contribution is -2.75. The first-order valence-corrected chi connectivity index (χ1v) is 13.4. The average Bonchev–Trinajstić information content (AvgIpc) is 2.85. The fourth-order valence-corrected chi connectivity index (χ4v) is 7.29. The standard InChI is InChI=1S/C30H35N3O7/c1-32(2)13-14-6-5-7-15(10-14)17-8-9-20(34)22-18(17)11-16-12-19-24(33(3)4)26(36)23(29(31)39)28(38)30(19,40)27(37)21(16)25(22)35/h5-10,16,19,21,23-24,26,34,36,40H,11-13H2,1-4H3,(H2,31,39)/t16-,19-,21?,23?,24-,26?,30-/m1/s1. The molecule has 2 aromatic carbocycles. The Labute approximate surface area is 232 Å². The van der Waals surface area contributed by atoms with E-state index in [2.05, 4.69) is 0 Å². The Bertz CT molecular complexity index is 1420. The fraction of sp³-hybridized carbons (Fsp3) is 0.467. The summed E-state index contributed by atoms with van der Waals surface area (Å²) in [5.41, 5.74) is 6.04. The number of Topliss-reactive ketones (excluding diaryl/α,β-unsaturated/α-hetero) is 3. The lowest BCUT2D eigenvalue weighted by Gasteiger charge is -2.54. The van der Waals surface area contributed by atoms with Gasteiger partial charge >= 0.3 is 0 Å². The van der Waals surface area contributed by atoms with Gasteiger partial charge in [-0.1, -0.05) is 24.3 Å². The maximum atomic E-state index is 14.0. The number of nitrogens with two attached hydrogens (primary N) is 1. The maximum absolute atomic E-state index is 14.0. The summed E-state index contributed by atoms with van der Waals surface area (Å²) in [6, 6.07) is 10.1. The second-order valence-corrected chi connectivity index (χ2v) is 11.9. The number of carbonyl (C=O) groups excluding carboxylic acids is 4. The monoisotopic (exact) mass is 549 g/mol. The van der Waals surface area contributed by atoms with Crippen LogP contribution in [0.3, 0.4) is 0 Å². The van der Waals surface area contributed by atoms with Gasteiger partial charge in [0.2, 0.25) is 5.91 Å². The topological polar surface area (TPSA) is 161 Å². The van der Waals surface area contributed by atoms with Crippen LogP contribution in [-0.2, 0) is 27.3 Å². The number of rotatable bonds is 5. The second kappa shape index (κ2) is 9.88. The second-order valence-electron chi connectivity index (χ2n) is 11.9. The molecular weight excluding hydrogens is 514 g/mol. The molecule has 0 heterocycles. The van der Waals surface area contributed by atoms with E-state index in [0.717, 1.165) is 16.7 Å². The molecule has 0 radical (unpaired) electrons. The van der Waals surface area contributed by atoms with Crippen LogP contribution in [0.4, 0.5) is 0 Å². The molecule has 40 heavy (non-hydrogen) atoms. The van der Waals surface area contributed by atoms with Gasteiger partial charge in [0.05, 0.1) is 17.6 Å². The van der Waals surface area contributed by atoms with Crippen LogP contribution in [0.1, 0.15) is 27.9 Å². The van der Waals surface area contributed by atoms with Crippen molar-refractivity contribution in [3.8, 4) is 16.9 Å². The molecule has 2 fully saturated rings. The van der Waals surface area contributed by atoms with Crippen LogP contribution < -0.4 is 5.73 Å². The number of primary amides is 1. The molecule has 7 atom stereocenters. The van der Waals surface area contributed by atoms with E-state index >= 15 is 0 Å². The Hall–Kier alpha value is -3.44. The molecule has 2 saturated carbocycles. The highest BCUT2D eigenvalue weighted by Gasteiger charge is 2.69. The Morgan fingerprint density at radius 2 is 1.77 bits per heavy atom. The quantitative estimate of drug-likeness (QED) is 0.387. The number of aromatic hydroxyl groups is 1. The molecule has 3 unspecified atom stereocenters. The molecule has 0 spiro atoms. The molecule has 212 valence electrons. The van der Waals surface area contributed by atoms with Crippen molar-refractivity contribution in [1.29, 1.82) is 0 Å². The molecule has 5 N–H and O–H groups in total. The normalized spacial score (nSPS) is 31.6. The lowest BCUT2D eigenvalue weighted by molar-refractivity contribution is -0.190. The minimum Gasteiger partial charge on any atom is -0.507 e. The molecule has 3 aliphatic rings. The summed E-state index contributed by atoms with van der Waals surface area (Å²) in [6.45, 7) is 0.709. The highest BCUT2D eigenvalue weighted by molar-refractivity contribution is 6.25. The van der Waals surface area contributed by atoms with Crippen LogP contribution in [0.15, 0.2) is 36.4 Å². The van der Waals surface area contributed by atoms with Gasteiger partial charge in [-0.15, -0.1) is 0 Å². The van der Waals surface area contributed by atoms with Crippen molar-refractivity contribution in [1.82, 2.24) is 9.80 Å². The van der Waals surface area contributed by atoms with Crippen LogP contribution >= 0.6 is 0 Å². The van der Waals surface area contributed by atoms with Crippen LogP contribution in [0.25, 0.3) is 11.1 Å². The molecule has 1 amide bonds. The first-order chi connectivity index (χ1) is 18.8. The Morgan fingerprint density at radius 3 is 2.40 bits per heavy atom. The molecule has 5 rings (SSSR count). The third kappa shape index (κ3) is 4.09. The maximum Gasteiger partial charge on any atom is 0.230 e. The van der Waals surface area contributed by atoms with Crippen LogP contribution in [0, 0.1) is 23.7 Å². The number of amides is 1. The number of ketones is 3. The highest BCUT2D eigenvalue weighted by Crippen LogP contribution is 2.52. The van der Waals surface area contributed by atoms with Crippen molar-refractivity contribution >= 4 is 23.3 Å². The number of benzene rings is 2. The molecule has 10 heteroatoms. The lowest BCUT2D eigenvalue weighted by atomic mass is 9.52. The van der Waals surface area contributed by atoms with Crippen molar-refractivity contribution in [3.05, 3.63) is 53.1 Å². The molecular formula is C30H35N3O7. The summed E-state index contributed by atoms with van der Waals surface area (Å²) in [5.74, 6) is -9.09. The Morgan fingerprint density at radius 1 is 1.07 bits per heavy atom. The number of fused-ring (bicyclic) bond motifs is 3. The molecule has 0 bridgehead atoms. The fourth-order valence-electron chi connectivity index (χ4n) is 7.29. The number of aliphatic hydroxyl groups excluding tert-OH is 1. The molecule has 3 aliphatic carbocycles. The van der Waals surface area contributed by atoms with E-state index in [1.165, 1.54) is 6.07 Å². The SMILES string of the molecule is CN(C)Cc1cccc(-c2ccc(O)c3c2C[C@@H]2C[C@@H]4[C@@H](N(C)C)C(O)C(C(N)=O)C(=O)[C@]4(O)C(=O)C2C3=O)c1.